The second kappa shape index (κ2) is 5.34. The lowest BCUT2D eigenvalue weighted by atomic mass is 10.2. The summed E-state index contributed by atoms with van der Waals surface area (Å²) in [6.07, 6.45) is 0. The van der Waals surface area contributed by atoms with E-state index >= 15 is 0 Å². The maximum absolute atomic E-state index is 11.3. The highest BCUT2D eigenvalue weighted by Gasteiger charge is 2.08. The minimum absolute atomic E-state index is 0.0367. The van der Waals surface area contributed by atoms with E-state index < -0.39 is 5.56 Å². The molecule has 0 aliphatic carbocycles. The Hall–Kier alpha value is -1.79. The average Bonchev–Trinajstić information content (AvgIpc) is 2.32. The summed E-state index contributed by atoms with van der Waals surface area (Å²) in [6.45, 7) is 4.00. The summed E-state index contributed by atoms with van der Waals surface area (Å²) in [5, 5.41) is 9.60. The first-order valence-electron chi connectivity index (χ1n) is 4.94. The van der Waals surface area contributed by atoms with Gasteiger partial charge in [0.15, 0.2) is 0 Å². The largest absolute Gasteiger partial charge is 0.321 e. The van der Waals surface area contributed by atoms with Crippen molar-refractivity contribution in [2.24, 2.45) is 0 Å². The predicted molar refractivity (Wildman–Crippen MR) is 65.6 cm³/mol. The molecule has 0 aliphatic heterocycles. The standard InChI is InChI=1S/C10H5ClN2O.C2H6/c11-9-6-3-1-2-4-8(6)13-10(14)7(9)5-12;1-2/h1-4H,(H,13,14);1-2H3. The van der Waals surface area contributed by atoms with Gasteiger partial charge in [-0.25, -0.2) is 0 Å². The molecule has 4 heteroatoms. The fourth-order valence-corrected chi connectivity index (χ4v) is 1.60. The molecule has 1 aromatic heterocycles. The molecule has 0 aliphatic rings. The number of halogens is 1. The number of para-hydroxylation sites is 1. The van der Waals surface area contributed by atoms with Gasteiger partial charge in [0.1, 0.15) is 11.6 Å². The van der Waals surface area contributed by atoms with E-state index in [1.165, 1.54) is 0 Å². The SMILES string of the molecule is CC.N#Cc1c(Cl)c2ccccc2[nH]c1=O. The van der Waals surface area contributed by atoms with Crippen molar-refractivity contribution in [2.75, 3.05) is 0 Å². The van der Waals surface area contributed by atoms with Crippen LogP contribution in [0.3, 0.4) is 0 Å². The fourth-order valence-electron chi connectivity index (χ4n) is 1.30. The molecule has 0 saturated carbocycles. The number of pyridine rings is 1. The van der Waals surface area contributed by atoms with Gasteiger partial charge < -0.3 is 4.98 Å². The normalized spacial score (nSPS) is 9.12. The molecule has 0 saturated heterocycles. The van der Waals surface area contributed by atoms with Gasteiger partial charge in [-0.2, -0.15) is 5.26 Å². The summed E-state index contributed by atoms with van der Waals surface area (Å²) >= 11 is 5.90. The zero-order valence-corrected chi connectivity index (χ0v) is 9.80. The maximum Gasteiger partial charge on any atom is 0.267 e. The van der Waals surface area contributed by atoms with E-state index in [0.717, 1.165) is 0 Å². The number of benzene rings is 1. The van der Waals surface area contributed by atoms with Crippen LogP contribution in [0, 0.1) is 11.3 Å². The Kier molecular flexibility index (Phi) is 4.10. The lowest BCUT2D eigenvalue weighted by Crippen LogP contribution is -2.10. The Morgan fingerprint density at radius 1 is 1.31 bits per heavy atom. The van der Waals surface area contributed by atoms with Crippen molar-refractivity contribution >= 4 is 22.5 Å². The molecule has 0 atom stereocenters. The fraction of sp³-hybridized carbons (Fsp3) is 0.167. The molecule has 1 N–H and O–H groups in total. The molecule has 1 heterocycles. The molecule has 0 bridgehead atoms. The predicted octanol–water partition coefficient (Wildman–Crippen LogP) is 3.08. The van der Waals surface area contributed by atoms with Crippen LogP contribution in [0.4, 0.5) is 0 Å². The first-order valence-corrected chi connectivity index (χ1v) is 5.32. The molecule has 0 spiro atoms. The van der Waals surface area contributed by atoms with Gasteiger partial charge >= 0.3 is 0 Å². The highest BCUT2D eigenvalue weighted by atomic mass is 35.5. The third-order valence-electron chi connectivity index (χ3n) is 1.97. The lowest BCUT2D eigenvalue weighted by Gasteiger charge is -2.00. The minimum Gasteiger partial charge on any atom is -0.321 e. The molecule has 0 radical (unpaired) electrons. The third-order valence-corrected chi connectivity index (χ3v) is 2.36. The van der Waals surface area contributed by atoms with E-state index in [2.05, 4.69) is 4.98 Å². The number of nitriles is 1. The minimum atomic E-state index is -0.448. The van der Waals surface area contributed by atoms with Crippen molar-refractivity contribution in [2.45, 2.75) is 13.8 Å². The number of hydrogen-bond acceptors (Lipinski definition) is 2. The summed E-state index contributed by atoms with van der Waals surface area (Å²) in [5.41, 5.74) is 0.156. The smallest absolute Gasteiger partial charge is 0.267 e. The number of rotatable bonds is 0. The molecule has 1 aromatic carbocycles. The van der Waals surface area contributed by atoms with Crippen LogP contribution in [0.25, 0.3) is 10.9 Å². The number of H-pyrrole nitrogens is 1. The van der Waals surface area contributed by atoms with E-state index in [4.69, 9.17) is 16.9 Å². The van der Waals surface area contributed by atoms with Crippen molar-refractivity contribution < 1.29 is 0 Å². The molecule has 2 rings (SSSR count). The Balaban J connectivity index is 0.000000606. The first-order chi connectivity index (χ1) is 7.74. The third kappa shape index (κ3) is 2.07. The number of fused-ring (bicyclic) bond motifs is 1. The van der Waals surface area contributed by atoms with Crippen molar-refractivity contribution in [3.63, 3.8) is 0 Å². The van der Waals surface area contributed by atoms with E-state index in [1.54, 1.807) is 30.3 Å². The molecule has 3 nitrogen and oxygen atoms in total. The molecule has 16 heavy (non-hydrogen) atoms. The van der Waals surface area contributed by atoms with Gasteiger partial charge in [-0.05, 0) is 6.07 Å². The number of nitrogens with zero attached hydrogens (tertiary/aromatic N) is 1. The lowest BCUT2D eigenvalue weighted by molar-refractivity contribution is 1.27. The number of aromatic amines is 1. The van der Waals surface area contributed by atoms with Crippen LogP contribution < -0.4 is 5.56 Å². The molecule has 0 fully saturated rings. The average molecular weight is 235 g/mol. The molecular formula is C12H11ClN2O. The van der Waals surface area contributed by atoms with Gasteiger partial charge in [0.2, 0.25) is 0 Å². The molecule has 0 amide bonds. The Bertz CT molecular complexity index is 596. The van der Waals surface area contributed by atoms with E-state index in [0.29, 0.717) is 10.9 Å². The highest BCUT2D eigenvalue weighted by Crippen LogP contribution is 2.22. The molecule has 82 valence electrons. The number of nitrogens with one attached hydrogen (secondary N) is 1. The maximum atomic E-state index is 11.3. The second-order valence-corrected chi connectivity index (χ2v) is 3.18. The summed E-state index contributed by atoms with van der Waals surface area (Å²) in [4.78, 5) is 13.9. The van der Waals surface area contributed by atoms with Crippen molar-refractivity contribution in [1.29, 1.82) is 5.26 Å². The van der Waals surface area contributed by atoms with Crippen molar-refractivity contribution in [3.8, 4) is 6.07 Å². The quantitative estimate of drug-likeness (QED) is 0.762. The van der Waals surface area contributed by atoms with E-state index in [1.807, 2.05) is 13.8 Å². The van der Waals surface area contributed by atoms with Gasteiger partial charge in [-0.15, -0.1) is 0 Å². The van der Waals surface area contributed by atoms with Gasteiger partial charge in [-0.1, -0.05) is 43.6 Å². The van der Waals surface area contributed by atoms with Gasteiger partial charge in [0.05, 0.1) is 5.02 Å². The summed E-state index contributed by atoms with van der Waals surface area (Å²) in [5.74, 6) is 0. The van der Waals surface area contributed by atoms with Crippen molar-refractivity contribution in [3.05, 3.63) is 45.2 Å². The monoisotopic (exact) mass is 234 g/mol. The molecule has 0 unspecified atom stereocenters. The van der Waals surface area contributed by atoms with Crippen LogP contribution in [0.15, 0.2) is 29.1 Å². The number of hydrogen-bond donors (Lipinski definition) is 1. The van der Waals surface area contributed by atoms with E-state index in [9.17, 15) is 4.79 Å². The van der Waals surface area contributed by atoms with Crippen LogP contribution in [0.5, 0.6) is 0 Å². The zero-order valence-electron chi connectivity index (χ0n) is 9.04. The summed E-state index contributed by atoms with van der Waals surface area (Å²) in [6, 6.07) is 8.87. The van der Waals surface area contributed by atoms with Crippen LogP contribution in [-0.2, 0) is 0 Å². The van der Waals surface area contributed by atoms with E-state index in [-0.39, 0.29) is 10.6 Å². The molecular weight excluding hydrogens is 224 g/mol. The highest BCUT2D eigenvalue weighted by molar-refractivity contribution is 6.36. The van der Waals surface area contributed by atoms with Crippen LogP contribution in [-0.4, -0.2) is 4.98 Å². The first kappa shape index (κ1) is 12.3. The van der Waals surface area contributed by atoms with Gasteiger partial charge in [-0.3, -0.25) is 4.79 Å². The number of aromatic nitrogens is 1. The second-order valence-electron chi connectivity index (χ2n) is 2.80. The van der Waals surface area contributed by atoms with Crippen molar-refractivity contribution in [1.82, 2.24) is 4.98 Å². The molecule has 2 aromatic rings. The summed E-state index contributed by atoms with van der Waals surface area (Å²) in [7, 11) is 0. The zero-order chi connectivity index (χ0) is 12.1. The Morgan fingerprint density at radius 3 is 2.56 bits per heavy atom. The Labute approximate surface area is 98.3 Å². The topological polar surface area (TPSA) is 56.6 Å². The van der Waals surface area contributed by atoms with Crippen LogP contribution in [0.2, 0.25) is 5.02 Å². The summed E-state index contributed by atoms with van der Waals surface area (Å²) < 4.78 is 0. The van der Waals surface area contributed by atoms with Crippen LogP contribution in [0.1, 0.15) is 19.4 Å². The van der Waals surface area contributed by atoms with Gasteiger partial charge in [0, 0.05) is 10.9 Å². The van der Waals surface area contributed by atoms with Gasteiger partial charge in [0.25, 0.3) is 5.56 Å². The Morgan fingerprint density at radius 2 is 1.94 bits per heavy atom. The van der Waals surface area contributed by atoms with Crippen LogP contribution >= 0.6 is 11.6 Å².